The Morgan fingerprint density at radius 3 is 2.20 bits per heavy atom. The SMILES string of the molecule is CC(C)N1CCCCC(C)(C(C)(C)C)C1. The van der Waals surface area contributed by atoms with Crippen molar-refractivity contribution in [2.24, 2.45) is 10.8 Å². The summed E-state index contributed by atoms with van der Waals surface area (Å²) in [5.74, 6) is 0. The minimum absolute atomic E-state index is 0.421. The van der Waals surface area contributed by atoms with Gasteiger partial charge in [0.25, 0.3) is 0 Å². The van der Waals surface area contributed by atoms with E-state index in [-0.39, 0.29) is 0 Å². The maximum Gasteiger partial charge on any atom is 0.00430 e. The van der Waals surface area contributed by atoms with Crippen molar-refractivity contribution >= 4 is 0 Å². The fraction of sp³-hybridized carbons (Fsp3) is 1.00. The molecule has 0 spiro atoms. The van der Waals surface area contributed by atoms with Gasteiger partial charge in [-0.05, 0) is 44.1 Å². The van der Waals surface area contributed by atoms with Crippen molar-refractivity contribution in [3.05, 3.63) is 0 Å². The van der Waals surface area contributed by atoms with Crippen molar-refractivity contribution in [2.45, 2.75) is 66.8 Å². The second kappa shape index (κ2) is 4.45. The van der Waals surface area contributed by atoms with Crippen LogP contribution in [0.1, 0.15) is 60.8 Å². The van der Waals surface area contributed by atoms with Crippen LogP contribution in [0.3, 0.4) is 0 Å². The standard InChI is InChI=1S/C14H29N/c1-12(2)15-10-8-7-9-14(6,11-15)13(3,4)5/h12H,7-11H2,1-6H3. The Hall–Kier alpha value is -0.0400. The molecule has 0 saturated carbocycles. The highest BCUT2D eigenvalue weighted by molar-refractivity contribution is 4.91. The first-order valence-electron chi connectivity index (χ1n) is 6.50. The molecule has 0 aliphatic carbocycles. The zero-order chi connectivity index (χ0) is 11.7. The van der Waals surface area contributed by atoms with E-state index in [1.165, 1.54) is 32.4 Å². The van der Waals surface area contributed by atoms with Crippen LogP contribution in [0.15, 0.2) is 0 Å². The van der Waals surface area contributed by atoms with Crippen molar-refractivity contribution in [2.75, 3.05) is 13.1 Å². The van der Waals surface area contributed by atoms with E-state index >= 15 is 0 Å². The fourth-order valence-corrected chi connectivity index (χ4v) is 2.49. The van der Waals surface area contributed by atoms with Gasteiger partial charge in [0, 0.05) is 12.6 Å². The minimum atomic E-state index is 0.421. The first-order valence-corrected chi connectivity index (χ1v) is 6.50. The summed E-state index contributed by atoms with van der Waals surface area (Å²) in [6.45, 7) is 16.9. The van der Waals surface area contributed by atoms with Gasteiger partial charge in [-0.3, -0.25) is 0 Å². The van der Waals surface area contributed by atoms with Crippen LogP contribution in [0.5, 0.6) is 0 Å². The molecule has 0 N–H and O–H groups in total. The summed E-state index contributed by atoms with van der Waals surface area (Å²) in [5.41, 5.74) is 0.901. The Bertz CT molecular complexity index is 202. The monoisotopic (exact) mass is 211 g/mol. The summed E-state index contributed by atoms with van der Waals surface area (Å²) in [5, 5.41) is 0. The zero-order valence-electron chi connectivity index (χ0n) is 11.6. The van der Waals surface area contributed by atoms with Crippen LogP contribution < -0.4 is 0 Å². The van der Waals surface area contributed by atoms with E-state index in [1.807, 2.05) is 0 Å². The van der Waals surface area contributed by atoms with E-state index in [0.29, 0.717) is 16.9 Å². The summed E-state index contributed by atoms with van der Waals surface area (Å²) < 4.78 is 0. The van der Waals surface area contributed by atoms with Gasteiger partial charge < -0.3 is 4.90 Å². The van der Waals surface area contributed by atoms with Gasteiger partial charge in [0.05, 0.1) is 0 Å². The summed E-state index contributed by atoms with van der Waals surface area (Å²) in [6.07, 6.45) is 4.17. The molecule has 1 unspecified atom stereocenters. The van der Waals surface area contributed by atoms with Crippen LogP contribution in [-0.4, -0.2) is 24.0 Å². The predicted octanol–water partition coefficient (Wildman–Crippen LogP) is 3.93. The molecule has 0 amide bonds. The number of nitrogens with zero attached hydrogens (tertiary/aromatic N) is 1. The number of hydrogen-bond acceptors (Lipinski definition) is 1. The van der Waals surface area contributed by atoms with E-state index in [4.69, 9.17) is 0 Å². The number of rotatable bonds is 1. The third-order valence-electron chi connectivity index (χ3n) is 4.52. The molecule has 1 heterocycles. The van der Waals surface area contributed by atoms with Gasteiger partial charge in [-0.15, -0.1) is 0 Å². The van der Waals surface area contributed by atoms with Crippen molar-refractivity contribution in [1.82, 2.24) is 4.90 Å². The fourth-order valence-electron chi connectivity index (χ4n) is 2.49. The summed E-state index contributed by atoms with van der Waals surface area (Å²) in [7, 11) is 0. The molecular formula is C14H29N. The van der Waals surface area contributed by atoms with Crippen LogP contribution in [0.2, 0.25) is 0 Å². The van der Waals surface area contributed by atoms with Gasteiger partial charge >= 0.3 is 0 Å². The molecule has 1 aliphatic heterocycles. The van der Waals surface area contributed by atoms with Crippen LogP contribution in [0.25, 0.3) is 0 Å². The lowest BCUT2D eigenvalue weighted by atomic mass is 9.65. The Labute approximate surface area is 96.2 Å². The third-order valence-corrected chi connectivity index (χ3v) is 4.52. The molecular weight excluding hydrogens is 182 g/mol. The molecule has 1 aliphatic rings. The molecule has 15 heavy (non-hydrogen) atoms. The summed E-state index contributed by atoms with van der Waals surface area (Å²) >= 11 is 0. The number of hydrogen-bond donors (Lipinski definition) is 0. The van der Waals surface area contributed by atoms with E-state index in [9.17, 15) is 0 Å². The molecule has 1 nitrogen and oxygen atoms in total. The molecule has 1 rings (SSSR count). The van der Waals surface area contributed by atoms with E-state index < -0.39 is 0 Å². The Morgan fingerprint density at radius 1 is 1.13 bits per heavy atom. The lowest BCUT2D eigenvalue weighted by Crippen LogP contribution is -2.44. The highest BCUT2D eigenvalue weighted by Gasteiger charge is 2.39. The predicted molar refractivity (Wildman–Crippen MR) is 68.1 cm³/mol. The Kier molecular flexibility index (Phi) is 3.86. The summed E-state index contributed by atoms with van der Waals surface area (Å²) in [4.78, 5) is 2.66. The molecule has 0 aromatic heterocycles. The van der Waals surface area contributed by atoms with Crippen LogP contribution >= 0.6 is 0 Å². The average Bonchev–Trinajstić information content (AvgIpc) is 2.26. The second-order valence-electron chi connectivity index (χ2n) is 6.83. The molecule has 1 fully saturated rings. The van der Waals surface area contributed by atoms with Crippen molar-refractivity contribution < 1.29 is 0 Å². The lowest BCUT2D eigenvalue weighted by molar-refractivity contribution is 0.0473. The van der Waals surface area contributed by atoms with Gasteiger partial charge in [-0.1, -0.05) is 34.1 Å². The quantitative estimate of drug-likeness (QED) is 0.635. The smallest absolute Gasteiger partial charge is 0.00430 e. The first-order chi connectivity index (χ1) is 6.76. The summed E-state index contributed by atoms with van der Waals surface area (Å²) in [6, 6.07) is 0.699. The van der Waals surface area contributed by atoms with Crippen molar-refractivity contribution in [3.63, 3.8) is 0 Å². The maximum absolute atomic E-state index is 2.66. The third kappa shape index (κ3) is 2.96. The van der Waals surface area contributed by atoms with Gasteiger partial charge in [-0.2, -0.15) is 0 Å². The molecule has 0 radical (unpaired) electrons. The van der Waals surface area contributed by atoms with E-state index in [1.54, 1.807) is 0 Å². The highest BCUT2D eigenvalue weighted by Crippen LogP contribution is 2.44. The van der Waals surface area contributed by atoms with E-state index in [0.717, 1.165) is 0 Å². The average molecular weight is 211 g/mol. The Morgan fingerprint density at radius 2 is 1.73 bits per heavy atom. The molecule has 0 aromatic rings. The van der Waals surface area contributed by atoms with Crippen LogP contribution in [0.4, 0.5) is 0 Å². The second-order valence-corrected chi connectivity index (χ2v) is 6.83. The molecule has 0 bridgehead atoms. The molecule has 1 saturated heterocycles. The first kappa shape index (κ1) is 13.0. The number of likely N-dealkylation sites (tertiary alicyclic amines) is 1. The van der Waals surface area contributed by atoms with Gasteiger partial charge in [0.2, 0.25) is 0 Å². The van der Waals surface area contributed by atoms with Crippen molar-refractivity contribution in [1.29, 1.82) is 0 Å². The van der Waals surface area contributed by atoms with Crippen LogP contribution in [0, 0.1) is 10.8 Å². The molecule has 1 heteroatoms. The molecule has 90 valence electrons. The highest BCUT2D eigenvalue weighted by atomic mass is 15.2. The van der Waals surface area contributed by atoms with Gasteiger partial charge in [-0.25, -0.2) is 0 Å². The lowest BCUT2D eigenvalue weighted by Gasteiger charge is -2.44. The normalized spacial score (nSPS) is 30.6. The van der Waals surface area contributed by atoms with Crippen LogP contribution in [-0.2, 0) is 0 Å². The maximum atomic E-state index is 2.66. The largest absolute Gasteiger partial charge is 0.300 e. The van der Waals surface area contributed by atoms with Crippen molar-refractivity contribution in [3.8, 4) is 0 Å². The molecule has 0 aromatic carbocycles. The Balaban J connectivity index is 2.80. The minimum Gasteiger partial charge on any atom is -0.300 e. The topological polar surface area (TPSA) is 3.24 Å². The van der Waals surface area contributed by atoms with Gasteiger partial charge in [0.15, 0.2) is 0 Å². The zero-order valence-corrected chi connectivity index (χ0v) is 11.6. The van der Waals surface area contributed by atoms with E-state index in [2.05, 4.69) is 46.4 Å². The molecule has 1 atom stereocenters. The van der Waals surface area contributed by atoms with Gasteiger partial charge in [0.1, 0.15) is 0 Å².